The molecule has 0 saturated carbocycles. The number of hydrogen-bond donors (Lipinski definition) is 0. The Morgan fingerprint density at radius 1 is 1.25 bits per heavy atom. The van der Waals surface area contributed by atoms with Crippen LogP contribution in [0.2, 0.25) is 0 Å². The van der Waals surface area contributed by atoms with E-state index >= 15 is 0 Å². The monoisotopic (exact) mass is 230 g/mol. The summed E-state index contributed by atoms with van der Waals surface area (Å²) in [6, 6.07) is 1.18. The van der Waals surface area contributed by atoms with Crippen LogP contribution in [0.3, 0.4) is 0 Å². The Balaban J connectivity index is 3.36. The second-order valence-electron chi connectivity index (χ2n) is 2.72. The molecule has 0 spiro atoms. The van der Waals surface area contributed by atoms with E-state index in [1.165, 1.54) is 0 Å². The lowest BCUT2D eigenvalue weighted by molar-refractivity contribution is -0.396. The molecule has 0 N–H and O–H groups in total. The molecule has 1 aromatic carbocycles. The molecule has 0 atom stereocenters. The first-order valence-corrected chi connectivity index (χ1v) is 4.22. The van der Waals surface area contributed by atoms with Gasteiger partial charge in [-0.2, -0.15) is 4.39 Å². The maximum Gasteiger partial charge on any atom is 0.318 e. The summed E-state index contributed by atoms with van der Waals surface area (Å²) >= 11 is 0. The number of rotatable bonds is 4. The number of halogens is 1. The molecule has 86 valence electrons. The maximum atomic E-state index is 13.1. The number of benzene rings is 1. The van der Waals surface area contributed by atoms with Crippen LogP contribution in [0.5, 0.6) is 5.75 Å². The van der Waals surface area contributed by atoms with Crippen molar-refractivity contribution in [2.75, 3.05) is 6.61 Å². The van der Waals surface area contributed by atoms with E-state index < -0.39 is 27.0 Å². The Morgan fingerprint density at radius 3 is 2.25 bits per heavy atom. The van der Waals surface area contributed by atoms with E-state index in [1.807, 2.05) is 0 Å². The normalized spacial score (nSPS) is 9.88. The van der Waals surface area contributed by atoms with Gasteiger partial charge in [0.2, 0.25) is 11.6 Å². The highest BCUT2D eigenvalue weighted by molar-refractivity contribution is 5.54. The fourth-order valence-corrected chi connectivity index (χ4v) is 1.09. The number of nitrogens with zero attached hydrogens (tertiary/aromatic N) is 2. The Labute approximate surface area is 88.7 Å². The average Bonchev–Trinajstić information content (AvgIpc) is 2.17. The summed E-state index contributed by atoms with van der Waals surface area (Å²) in [7, 11) is 0. The summed E-state index contributed by atoms with van der Waals surface area (Å²) in [6.07, 6.45) is 0. The van der Waals surface area contributed by atoms with Crippen LogP contribution in [0.4, 0.5) is 15.8 Å². The summed E-state index contributed by atoms with van der Waals surface area (Å²) in [5, 5.41) is 20.9. The maximum absolute atomic E-state index is 13.1. The Kier molecular flexibility index (Phi) is 3.33. The lowest BCUT2D eigenvalue weighted by atomic mass is 10.2. The predicted molar refractivity (Wildman–Crippen MR) is 50.9 cm³/mol. The van der Waals surface area contributed by atoms with Gasteiger partial charge in [-0.25, -0.2) is 0 Å². The van der Waals surface area contributed by atoms with Gasteiger partial charge in [0.25, 0.3) is 0 Å². The lowest BCUT2D eigenvalue weighted by Crippen LogP contribution is -2.01. The van der Waals surface area contributed by atoms with Crippen LogP contribution in [-0.4, -0.2) is 16.5 Å². The molecule has 1 rings (SSSR count). The van der Waals surface area contributed by atoms with Crippen LogP contribution in [0.25, 0.3) is 0 Å². The van der Waals surface area contributed by atoms with Crippen molar-refractivity contribution in [2.24, 2.45) is 0 Å². The van der Waals surface area contributed by atoms with Crippen LogP contribution in [-0.2, 0) is 0 Å². The minimum Gasteiger partial charge on any atom is -0.487 e. The minimum atomic E-state index is -1.17. The molecule has 16 heavy (non-hydrogen) atoms. The minimum absolute atomic E-state index is 0.0953. The molecule has 0 aliphatic carbocycles. The van der Waals surface area contributed by atoms with Gasteiger partial charge in [0.05, 0.1) is 16.5 Å². The molecule has 0 bridgehead atoms. The highest BCUT2D eigenvalue weighted by atomic mass is 19.1. The number of nitro benzene ring substituents is 2. The summed E-state index contributed by atoms with van der Waals surface area (Å²) in [5.41, 5.74) is -1.58. The Morgan fingerprint density at radius 2 is 1.81 bits per heavy atom. The highest BCUT2D eigenvalue weighted by Crippen LogP contribution is 2.33. The van der Waals surface area contributed by atoms with Crippen LogP contribution >= 0.6 is 0 Å². The molecule has 0 unspecified atom stereocenters. The van der Waals surface area contributed by atoms with E-state index in [4.69, 9.17) is 4.74 Å². The Hall–Kier alpha value is -2.25. The molecule has 0 aliphatic rings. The van der Waals surface area contributed by atoms with Crippen molar-refractivity contribution >= 4 is 11.4 Å². The number of nitro groups is 2. The smallest absolute Gasteiger partial charge is 0.318 e. The van der Waals surface area contributed by atoms with E-state index in [0.29, 0.717) is 12.1 Å². The van der Waals surface area contributed by atoms with Gasteiger partial charge in [-0.3, -0.25) is 20.2 Å². The molecule has 0 fully saturated rings. The first-order chi connectivity index (χ1) is 7.47. The standard InChI is InChI=1S/C8H7FN2O5/c1-2-16-8-3-5(9)6(10(12)13)4-7(8)11(14)15/h3-4H,2H2,1H3. The van der Waals surface area contributed by atoms with Gasteiger partial charge in [-0.15, -0.1) is 0 Å². The fourth-order valence-electron chi connectivity index (χ4n) is 1.09. The van der Waals surface area contributed by atoms with E-state index in [-0.39, 0.29) is 12.4 Å². The van der Waals surface area contributed by atoms with Crippen LogP contribution in [0, 0.1) is 26.0 Å². The second kappa shape index (κ2) is 4.51. The quantitative estimate of drug-likeness (QED) is 0.582. The molecular weight excluding hydrogens is 223 g/mol. The highest BCUT2D eigenvalue weighted by Gasteiger charge is 2.25. The lowest BCUT2D eigenvalue weighted by Gasteiger charge is -2.03. The van der Waals surface area contributed by atoms with Crippen LogP contribution in [0.15, 0.2) is 12.1 Å². The van der Waals surface area contributed by atoms with Crippen molar-refractivity contribution in [1.29, 1.82) is 0 Å². The zero-order valence-electron chi connectivity index (χ0n) is 8.18. The van der Waals surface area contributed by atoms with Gasteiger partial charge >= 0.3 is 11.4 Å². The first kappa shape index (κ1) is 11.8. The number of ether oxygens (including phenoxy) is 1. The van der Waals surface area contributed by atoms with Crippen molar-refractivity contribution in [3.63, 3.8) is 0 Å². The average molecular weight is 230 g/mol. The summed E-state index contributed by atoms with van der Waals surface area (Å²) in [5.74, 6) is -1.49. The molecule has 0 aromatic heterocycles. The SMILES string of the molecule is CCOc1cc(F)c([N+](=O)[O-])cc1[N+](=O)[O-]. The van der Waals surface area contributed by atoms with Crippen molar-refractivity contribution in [1.82, 2.24) is 0 Å². The van der Waals surface area contributed by atoms with E-state index in [0.717, 1.165) is 0 Å². The molecule has 0 saturated heterocycles. The van der Waals surface area contributed by atoms with Gasteiger partial charge < -0.3 is 4.74 Å². The fraction of sp³-hybridized carbons (Fsp3) is 0.250. The third kappa shape index (κ3) is 2.22. The van der Waals surface area contributed by atoms with Gasteiger partial charge in [0.15, 0.2) is 0 Å². The molecule has 7 nitrogen and oxygen atoms in total. The number of hydrogen-bond acceptors (Lipinski definition) is 5. The first-order valence-electron chi connectivity index (χ1n) is 4.22. The molecule has 1 aromatic rings. The van der Waals surface area contributed by atoms with Crippen molar-refractivity contribution < 1.29 is 19.0 Å². The Bertz CT molecular complexity index is 448. The van der Waals surface area contributed by atoms with Crippen molar-refractivity contribution in [2.45, 2.75) is 6.92 Å². The summed E-state index contributed by atoms with van der Waals surface area (Å²) in [4.78, 5) is 19.0. The molecule has 0 aliphatic heterocycles. The topological polar surface area (TPSA) is 95.5 Å². The third-order valence-corrected chi connectivity index (χ3v) is 1.72. The molecule has 0 heterocycles. The van der Waals surface area contributed by atoms with Crippen LogP contribution in [0.1, 0.15) is 6.92 Å². The third-order valence-electron chi connectivity index (χ3n) is 1.72. The summed E-state index contributed by atoms with van der Waals surface area (Å²) < 4.78 is 17.9. The molecule has 8 heteroatoms. The van der Waals surface area contributed by atoms with Gasteiger partial charge in [0, 0.05) is 6.07 Å². The molecular formula is C8H7FN2O5. The molecule has 0 amide bonds. The summed E-state index contributed by atoms with van der Waals surface area (Å²) in [6.45, 7) is 1.65. The van der Waals surface area contributed by atoms with Crippen molar-refractivity contribution in [3.05, 3.63) is 38.2 Å². The zero-order valence-corrected chi connectivity index (χ0v) is 8.18. The largest absolute Gasteiger partial charge is 0.487 e. The van der Waals surface area contributed by atoms with E-state index in [2.05, 4.69) is 0 Å². The predicted octanol–water partition coefficient (Wildman–Crippen LogP) is 2.04. The van der Waals surface area contributed by atoms with Crippen LogP contribution < -0.4 is 4.74 Å². The van der Waals surface area contributed by atoms with Gasteiger partial charge in [-0.1, -0.05) is 0 Å². The second-order valence-corrected chi connectivity index (χ2v) is 2.72. The van der Waals surface area contributed by atoms with Gasteiger partial charge in [0.1, 0.15) is 6.07 Å². The van der Waals surface area contributed by atoms with E-state index in [9.17, 15) is 24.6 Å². The molecule has 0 radical (unpaired) electrons. The van der Waals surface area contributed by atoms with E-state index in [1.54, 1.807) is 6.92 Å². The van der Waals surface area contributed by atoms with Crippen molar-refractivity contribution in [3.8, 4) is 5.75 Å². The van der Waals surface area contributed by atoms with Gasteiger partial charge in [-0.05, 0) is 6.92 Å². The zero-order chi connectivity index (χ0) is 12.3.